The van der Waals surface area contributed by atoms with E-state index in [9.17, 15) is 5.11 Å². The Hall–Kier alpha value is -1.57. The molecule has 3 nitrogen and oxygen atoms in total. The number of rotatable bonds is 3. The molecular formula is C14H13ClN2OS. The Kier molecular flexibility index (Phi) is 4.08. The fraction of sp³-hybridized carbons (Fsp3) is 0.286. The number of thiocarbonyl (C=S) groups is 1. The molecular weight excluding hydrogens is 280 g/mol. The van der Waals surface area contributed by atoms with Crippen LogP contribution in [-0.4, -0.2) is 10.1 Å². The van der Waals surface area contributed by atoms with E-state index >= 15 is 0 Å². The van der Waals surface area contributed by atoms with Crippen LogP contribution in [0.2, 0.25) is 5.02 Å². The van der Waals surface area contributed by atoms with Crippen LogP contribution in [0.3, 0.4) is 0 Å². The molecule has 1 aromatic rings. The van der Waals surface area contributed by atoms with Gasteiger partial charge >= 0.3 is 0 Å². The van der Waals surface area contributed by atoms with Crippen molar-refractivity contribution in [2.75, 3.05) is 5.32 Å². The Morgan fingerprint density at radius 2 is 2.21 bits per heavy atom. The van der Waals surface area contributed by atoms with Crippen molar-refractivity contribution >= 4 is 34.5 Å². The molecule has 0 heterocycles. The van der Waals surface area contributed by atoms with E-state index in [0.717, 1.165) is 24.1 Å². The highest BCUT2D eigenvalue weighted by Gasteiger charge is 2.29. The number of nitriles is 1. The Morgan fingerprint density at radius 3 is 2.74 bits per heavy atom. The van der Waals surface area contributed by atoms with E-state index in [0.29, 0.717) is 5.02 Å². The summed E-state index contributed by atoms with van der Waals surface area (Å²) >= 11 is 11.1. The van der Waals surface area contributed by atoms with Crippen LogP contribution >= 0.6 is 23.8 Å². The highest BCUT2D eigenvalue weighted by Crippen LogP contribution is 2.36. The Bertz CT molecular complexity index is 600. The summed E-state index contributed by atoms with van der Waals surface area (Å²) in [4.78, 5) is 0.244. The van der Waals surface area contributed by atoms with Crippen molar-refractivity contribution in [3.63, 3.8) is 0 Å². The Balaban J connectivity index is 2.18. The van der Waals surface area contributed by atoms with Crippen LogP contribution in [0.1, 0.15) is 18.4 Å². The van der Waals surface area contributed by atoms with Gasteiger partial charge in [-0.25, -0.2) is 0 Å². The lowest BCUT2D eigenvalue weighted by Gasteiger charge is -2.10. The fourth-order valence-corrected chi connectivity index (χ4v) is 2.09. The molecule has 5 heteroatoms. The monoisotopic (exact) mass is 292 g/mol. The van der Waals surface area contributed by atoms with Crippen LogP contribution in [0, 0.1) is 24.2 Å². The van der Waals surface area contributed by atoms with E-state index in [2.05, 4.69) is 5.32 Å². The molecule has 98 valence electrons. The van der Waals surface area contributed by atoms with Crippen LogP contribution in [0.5, 0.6) is 0 Å². The maximum Gasteiger partial charge on any atom is 0.125 e. The van der Waals surface area contributed by atoms with Gasteiger partial charge in [-0.1, -0.05) is 23.8 Å². The normalized spacial score (nSPS) is 15.4. The predicted molar refractivity (Wildman–Crippen MR) is 80.4 cm³/mol. The number of hydrogen-bond acceptors (Lipinski definition) is 3. The molecule has 1 aromatic carbocycles. The van der Waals surface area contributed by atoms with Gasteiger partial charge < -0.3 is 10.4 Å². The average molecular weight is 293 g/mol. The van der Waals surface area contributed by atoms with Crippen LogP contribution in [0.25, 0.3) is 0 Å². The van der Waals surface area contributed by atoms with Gasteiger partial charge in [-0.05, 0) is 43.5 Å². The van der Waals surface area contributed by atoms with E-state index in [-0.39, 0.29) is 22.2 Å². The first kappa shape index (κ1) is 13.9. The van der Waals surface area contributed by atoms with Gasteiger partial charge in [0.2, 0.25) is 0 Å². The van der Waals surface area contributed by atoms with Crippen molar-refractivity contribution in [3.05, 3.63) is 40.1 Å². The van der Waals surface area contributed by atoms with Crippen molar-refractivity contribution in [2.45, 2.75) is 19.8 Å². The zero-order chi connectivity index (χ0) is 14.0. The first-order valence-corrected chi connectivity index (χ1v) is 6.72. The Morgan fingerprint density at radius 1 is 1.53 bits per heavy atom. The Labute approximate surface area is 122 Å². The summed E-state index contributed by atoms with van der Waals surface area (Å²) in [6.07, 6.45) is 1.83. The predicted octanol–water partition coefficient (Wildman–Crippen LogP) is 4.13. The number of nitrogens with zero attached hydrogens (tertiary/aromatic N) is 1. The summed E-state index contributed by atoms with van der Waals surface area (Å²) in [5.74, 6) is 0.201. The summed E-state index contributed by atoms with van der Waals surface area (Å²) in [5.41, 5.74) is 1.83. The topological polar surface area (TPSA) is 56.0 Å². The number of halogens is 1. The lowest BCUT2D eigenvalue weighted by atomic mass is 10.1. The highest BCUT2D eigenvalue weighted by molar-refractivity contribution is 7.81. The molecule has 0 amide bonds. The zero-order valence-corrected chi connectivity index (χ0v) is 12.0. The van der Waals surface area contributed by atoms with Crippen molar-refractivity contribution < 1.29 is 5.11 Å². The fourth-order valence-electron chi connectivity index (χ4n) is 1.70. The minimum Gasteiger partial charge on any atom is -0.511 e. The van der Waals surface area contributed by atoms with Crippen LogP contribution < -0.4 is 5.32 Å². The third-order valence-corrected chi connectivity index (χ3v) is 3.71. The summed E-state index contributed by atoms with van der Waals surface area (Å²) < 4.78 is 0. The first-order valence-electron chi connectivity index (χ1n) is 5.93. The molecule has 2 N–H and O–H groups in total. The van der Waals surface area contributed by atoms with Gasteiger partial charge in [-0.15, -0.1) is 0 Å². The van der Waals surface area contributed by atoms with Crippen molar-refractivity contribution in [1.82, 2.24) is 0 Å². The second kappa shape index (κ2) is 5.60. The number of hydrogen-bond donors (Lipinski definition) is 2. The molecule has 1 aliphatic rings. The van der Waals surface area contributed by atoms with E-state index in [1.165, 1.54) is 0 Å². The molecule has 0 aliphatic heterocycles. The van der Waals surface area contributed by atoms with Crippen LogP contribution in [-0.2, 0) is 0 Å². The van der Waals surface area contributed by atoms with Crippen molar-refractivity contribution in [3.8, 4) is 6.07 Å². The smallest absolute Gasteiger partial charge is 0.125 e. The molecule has 0 aromatic heterocycles. The number of aliphatic hydroxyl groups is 1. The van der Waals surface area contributed by atoms with Crippen LogP contribution in [0.4, 0.5) is 5.69 Å². The molecule has 1 saturated carbocycles. The summed E-state index contributed by atoms with van der Waals surface area (Å²) in [6.45, 7) is 1.89. The van der Waals surface area contributed by atoms with Gasteiger partial charge in [0.05, 0.1) is 0 Å². The maximum absolute atomic E-state index is 9.90. The number of allylic oxidation sites excluding steroid dienone is 1. The van der Waals surface area contributed by atoms with Gasteiger partial charge in [0.25, 0.3) is 0 Å². The van der Waals surface area contributed by atoms with Crippen molar-refractivity contribution in [2.24, 2.45) is 5.92 Å². The van der Waals surface area contributed by atoms with Crippen molar-refractivity contribution in [1.29, 1.82) is 5.26 Å². The molecule has 1 aliphatic carbocycles. The molecule has 0 radical (unpaired) electrons. The molecule has 0 atom stereocenters. The molecule has 1 fully saturated rings. The molecule has 2 rings (SSSR count). The first-order chi connectivity index (χ1) is 9.02. The van der Waals surface area contributed by atoms with Gasteiger partial charge in [-0.2, -0.15) is 5.26 Å². The number of anilines is 1. The SMILES string of the molecule is Cc1cc(NC(=S)/C(C#N)=C(/O)C2CC2)ccc1Cl. The molecule has 0 saturated heterocycles. The number of aryl methyl sites for hydroxylation is 1. The maximum atomic E-state index is 9.90. The minimum atomic E-state index is 0.0985. The van der Waals surface area contributed by atoms with Crippen LogP contribution in [0.15, 0.2) is 29.5 Å². The highest BCUT2D eigenvalue weighted by atomic mass is 35.5. The largest absolute Gasteiger partial charge is 0.511 e. The van der Waals surface area contributed by atoms with E-state index in [1.54, 1.807) is 12.1 Å². The zero-order valence-electron chi connectivity index (χ0n) is 10.4. The van der Waals surface area contributed by atoms with Gasteiger partial charge in [-0.3, -0.25) is 0 Å². The molecule has 0 bridgehead atoms. The van der Waals surface area contributed by atoms with E-state index in [1.807, 2.05) is 19.1 Å². The number of benzene rings is 1. The third-order valence-electron chi connectivity index (χ3n) is 2.97. The second-order valence-electron chi connectivity index (χ2n) is 4.56. The van der Waals surface area contributed by atoms with E-state index in [4.69, 9.17) is 29.1 Å². The van der Waals surface area contributed by atoms with E-state index < -0.39 is 0 Å². The number of aliphatic hydroxyl groups excluding tert-OH is 1. The summed E-state index contributed by atoms with van der Waals surface area (Å²) in [6, 6.07) is 7.36. The summed E-state index contributed by atoms with van der Waals surface area (Å²) in [5, 5.41) is 22.6. The lowest BCUT2D eigenvalue weighted by Crippen LogP contribution is -2.13. The second-order valence-corrected chi connectivity index (χ2v) is 5.38. The van der Waals surface area contributed by atoms with Gasteiger partial charge in [0, 0.05) is 16.6 Å². The number of nitrogens with one attached hydrogen (secondary N) is 1. The molecule has 0 unspecified atom stereocenters. The average Bonchev–Trinajstić information content (AvgIpc) is 3.18. The minimum absolute atomic E-state index is 0.0985. The third kappa shape index (κ3) is 3.25. The summed E-state index contributed by atoms with van der Waals surface area (Å²) in [7, 11) is 0. The van der Waals surface area contributed by atoms with Gasteiger partial charge in [0.1, 0.15) is 22.4 Å². The molecule has 19 heavy (non-hydrogen) atoms. The lowest BCUT2D eigenvalue weighted by molar-refractivity contribution is 0.377. The standard InChI is InChI=1S/C14H13ClN2OS/c1-8-6-10(4-5-12(8)15)17-14(19)11(7-16)13(18)9-2-3-9/h4-6,9,18H,2-3H2,1H3,(H,17,19)/b13-11+. The van der Waals surface area contributed by atoms with Gasteiger partial charge in [0.15, 0.2) is 0 Å². The molecule has 0 spiro atoms. The quantitative estimate of drug-likeness (QED) is 0.380.